The van der Waals surface area contributed by atoms with Crippen molar-refractivity contribution in [2.24, 2.45) is 0 Å². The van der Waals surface area contributed by atoms with Gasteiger partial charge >= 0.3 is 0 Å². The predicted octanol–water partition coefficient (Wildman–Crippen LogP) is 6.79. The Bertz CT molecular complexity index is 684. The van der Waals surface area contributed by atoms with E-state index in [1.165, 1.54) is 0 Å². The molecule has 0 fully saturated rings. The first-order valence-corrected chi connectivity index (χ1v) is 10.2. The van der Waals surface area contributed by atoms with E-state index in [4.69, 9.17) is 16.3 Å². The molecule has 0 saturated carbocycles. The van der Waals surface area contributed by atoms with E-state index in [9.17, 15) is 0 Å². The third-order valence-electron chi connectivity index (χ3n) is 4.93. The number of alkyl halides is 1. The highest BCUT2D eigenvalue weighted by molar-refractivity contribution is 6.17. The van der Waals surface area contributed by atoms with Gasteiger partial charge in [-0.05, 0) is 29.5 Å². The number of hydrogen-bond donors (Lipinski definition) is 0. The molecule has 3 aromatic carbocycles. The van der Waals surface area contributed by atoms with Crippen molar-refractivity contribution in [3.8, 4) is 0 Å². The van der Waals surface area contributed by atoms with Gasteiger partial charge in [-0.3, -0.25) is 0 Å². The number of halogens is 1. The quantitative estimate of drug-likeness (QED) is 0.294. The Kier molecular flexibility index (Phi) is 7.09. The molecule has 27 heavy (non-hydrogen) atoms. The van der Waals surface area contributed by atoms with Gasteiger partial charge in [0.15, 0.2) is 0 Å². The summed E-state index contributed by atoms with van der Waals surface area (Å²) in [6.07, 6.45) is 2.98. The van der Waals surface area contributed by atoms with Gasteiger partial charge in [0.2, 0.25) is 0 Å². The average Bonchev–Trinajstić information content (AvgIpc) is 2.74. The normalized spacial score (nSPS) is 12.7. The van der Waals surface area contributed by atoms with E-state index < -0.39 is 5.60 Å². The third kappa shape index (κ3) is 4.43. The Morgan fingerprint density at radius 2 is 1.11 bits per heavy atom. The second-order valence-electron chi connectivity index (χ2n) is 6.79. The molecule has 0 amide bonds. The maximum Gasteiger partial charge on any atom is 0.144 e. The van der Waals surface area contributed by atoms with Crippen LogP contribution in [0.1, 0.15) is 42.9 Å². The SMILES string of the molecule is CCCC(CCCl)OC(c1ccccc1)(c1ccccc1)c1ccccc1. The molecule has 3 rings (SSSR count). The summed E-state index contributed by atoms with van der Waals surface area (Å²) in [6, 6.07) is 31.6. The lowest BCUT2D eigenvalue weighted by Crippen LogP contribution is -2.37. The highest BCUT2D eigenvalue weighted by Crippen LogP contribution is 2.42. The average molecular weight is 379 g/mol. The van der Waals surface area contributed by atoms with E-state index in [0.29, 0.717) is 5.88 Å². The standard InChI is InChI=1S/C25H27ClO/c1-2-12-24(19-20-26)27-25(21-13-6-3-7-14-21,22-15-8-4-9-16-22)23-17-10-5-11-18-23/h3-11,13-18,24H,2,12,19-20H2,1H3. The molecule has 0 aliphatic rings. The largest absolute Gasteiger partial charge is 0.358 e. The zero-order valence-corrected chi connectivity index (χ0v) is 16.6. The van der Waals surface area contributed by atoms with Gasteiger partial charge in [0.25, 0.3) is 0 Å². The molecule has 1 unspecified atom stereocenters. The predicted molar refractivity (Wildman–Crippen MR) is 114 cm³/mol. The molecule has 1 atom stereocenters. The van der Waals surface area contributed by atoms with Crippen molar-refractivity contribution in [3.05, 3.63) is 108 Å². The summed E-state index contributed by atoms with van der Waals surface area (Å²) in [5.41, 5.74) is 2.75. The monoisotopic (exact) mass is 378 g/mol. The van der Waals surface area contributed by atoms with Crippen LogP contribution in [0, 0.1) is 0 Å². The Hall–Kier alpha value is -2.09. The van der Waals surface area contributed by atoms with Gasteiger partial charge in [-0.15, -0.1) is 11.6 Å². The van der Waals surface area contributed by atoms with Gasteiger partial charge in [0.05, 0.1) is 6.10 Å². The van der Waals surface area contributed by atoms with Crippen LogP contribution in [0.25, 0.3) is 0 Å². The number of ether oxygens (including phenoxy) is 1. The van der Waals surface area contributed by atoms with Crippen LogP contribution in [0.2, 0.25) is 0 Å². The molecule has 0 saturated heterocycles. The molecule has 3 aromatic rings. The van der Waals surface area contributed by atoms with Gasteiger partial charge in [0.1, 0.15) is 5.60 Å². The van der Waals surface area contributed by atoms with E-state index in [0.717, 1.165) is 36.0 Å². The highest BCUT2D eigenvalue weighted by Gasteiger charge is 2.39. The zero-order chi connectivity index (χ0) is 19.0. The van der Waals surface area contributed by atoms with Crippen LogP contribution in [-0.2, 0) is 10.3 Å². The lowest BCUT2D eigenvalue weighted by atomic mass is 9.79. The Balaban J connectivity index is 2.22. The minimum absolute atomic E-state index is 0.0909. The van der Waals surface area contributed by atoms with Crippen LogP contribution < -0.4 is 0 Å². The van der Waals surface area contributed by atoms with E-state index in [2.05, 4.69) is 79.7 Å². The van der Waals surface area contributed by atoms with Crippen LogP contribution in [-0.4, -0.2) is 12.0 Å². The van der Waals surface area contributed by atoms with Crippen molar-refractivity contribution in [2.45, 2.75) is 37.9 Å². The minimum atomic E-state index is -0.657. The lowest BCUT2D eigenvalue weighted by molar-refractivity contribution is -0.0522. The molecular formula is C25H27ClO. The molecule has 140 valence electrons. The maximum absolute atomic E-state index is 6.99. The molecule has 2 heteroatoms. The van der Waals surface area contributed by atoms with Crippen molar-refractivity contribution >= 4 is 11.6 Å². The first kappa shape index (κ1) is 19.7. The summed E-state index contributed by atoms with van der Waals surface area (Å²) >= 11 is 6.12. The second-order valence-corrected chi connectivity index (χ2v) is 7.16. The molecule has 0 heterocycles. The summed E-state index contributed by atoms with van der Waals surface area (Å²) in [5.74, 6) is 0.596. The smallest absolute Gasteiger partial charge is 0.144 e. The topological polar surface area (TPSA) is 9.23 Å². The molecule has 0 aliphatic heterocycles. The summed E-state index contributed by atoms with van der Waals surface area (Å²) in [5, 5.41) is 0. The van der Waals surface area contributed by atoms with Gasteiger partial charge in [-0.2, -0.15) is 0 Å². The summed E-state index contributed by atoms with van der Waals surface area (Å²) < 4.78 is 6.99. The number of rotatable bonds is 9. The summed E-state index contributed by atoms with van der Waals surface area (Å²) in [6.45, 7) is 2.19. The van der Waals surface area contributed by atoms with Gasteiger partial charge < -0.3 is 4.74 Å². The molecule has 0 aliphatic carbocycles. The summed E-state index contributed by atoms with van der Waals surface area (Å²) in [7, 11) is 0. The van der Waals surface area contributed by atoms with E-state index in [1.54, 1.807) is 0 Å². The van der Waals surface area contributed by atoms with Crippen molar-refractivity contribution in [1.82, 2.24) is 0 Å². The second kappa shape index (κ2) is 9.73. The summed E-state index contributed by atoms with van der Waals surface area (Å²) in [4.78, 5) is 0. The van der Waals surface area contributed by atoms with Crippen LogP contribution in [0.5, 0.6) is 0 Å². The van der Waals surface area contributed by atoms with Crippen LogP contribution in [0.4, 0.5) is 0 Å². The lowest BCUT2D eigenvalue weighted by Gasteiger charge is -2.39. The maximum atomic E-state index is 6.99. The molecular weight excluding hydrogens is 352 g/mol. The van der Waals surface area contributed by atoms with E-state index >= 15 is 0 Å². The molecule has 0 N–H and O–H groups in total. The van der Waals surface area contributed by atoms with Crippen molar-refractivity contribution in [3.63, 3.8) is 0 Å². The number of hydrogen-bond acceptors (Lipinski definition) is 1. The zero-order valence-electron chi connectivity index (χ0n) is 15.9. The fourth-order valence-electron chi connectivity index (χ4n) is 3.68. The van der Waals surface area contributed by atoms with Crippen molar-refractivity contribution in [1.29, 1.82) is 0 Å². The Morgan fingerprint density at radius 1 is 0.704 bits per heavy atom. The first-order valence-electron chi connectivity index (χ1n) is 9.71. The minimum Gasteiger partial charge on any atom is -0.358 e. The fourth-order valence-corrected chi connectivity index (χ4v) is 3.92. The van der Waals surface area contributed by atoms with Gasteiger partial charge in [0, 0.05) is 5.88 Å². The van der Waals surface area contributed by atoms with E-state index in [1.807, 2.05) is 18.2 Å². The molecule has 0 bridgehead atoms. The highest BCUT2D eigenvalue weighted by atomic mass is 35.5. The van der Waals surface area contributed by atoms with Gasteiger partial charge in [-0.25, -0.2) is 0 Å². The third-order valence-corrected chi connectivity index (χ3v) is 5.14. The Morgan fingerprint density at radius 3 is 1.44 bits per heavy atom. The van der Waals surface area contributed by atoms with Crippen LogP contribution in [0.15, 0.2) is 91.0 Å². The van der Waals surface area contributed by atoms with E-state index in [-0.39, 0.29) is 6.10 Å². The number of benzene rings is 3. The molecule has 0 radical (unpaired) electrons. The van der Waals surface area contributed by atoms with Crippen molar-refractivity contribution < 1.29 is 4.74 Å². The first-order chi connectivity index (χ1) is 13.3. The van der Waals surface area contributed by atoms with Crippen LogP contribution >= 0.6 is 11.6 Å². The fraction of sp³-hybridized carbons (Fsp3) is 0.280. The van der Waals surface area contributed by atoms with Crippen LogP contribution in [0.3, 0.4) is 0 Å². The van der Waals surface area contributed by atoms with Crippen molar-refractivity contribution in [2.75, 3.05) is 5.88 Å². The molecule has 0 aromatic heterocycles. The Labute approximate surface area is 168 Å². The molecule has 1 nitrogen and oxygen atoms in total. The molecule has 0 spiro atoms. The van der Waals surface area contributed by atoms with Gasteiger partial charge in [-0.1, -0.05) is 104 Å².